The summed E-state index contributed by atoms with van der Waals surface area (Å²) in [7, 11) is 0. The SMILES string of the molecule is CC(C)CCOc1cccc(NC(=O)C[C@H]2CNCCO2)c1. The Bertz CT molecular complexity index is 471. The van der Waals surface area contributed by atoms with Gasteiger partial charge in [-0.05, 0) is 24.5 Å². The lowest BCUT2D eigenvalue weighted by molar-refractivity contribution is -0.119. The van der Waals surface area contributed by atoms with Gasteiger partial charge < -0.3 is 20.1 Å². The molecule has 1 heterocycles. The summed E-state index contributed by atoms with van der Waals surface area (Å²) in [5, 5.41) is 6.12. The molecule has 0 saturated carbocycles. The first-order valence-corrected chi connectivity index (χ1v) is 7.98. The summed E-state index contributed by atoms with van der Waals surface area (Å²) in [4.78, 5) is 12.0. The molecule has 0 spiro atoms. The third-order valence-corrected chi connectivity index (χ3v) is 3.50. The molecule has 22 heavy (non-hydrogen) atoms. The van der Waals surface area contributed by atoms with Crippen molar-refractivity contribution in [2.45, 2.75) is 32.8 Å². The van der Waals surface area contributed by atoms with Crippen LogP contribution >= 0.6 is 0 Å². The molecule has 2 N–H and O–H groups in total. The minimum absolute atomic E-state index is 0.0342. The zero-order valence-corrected chi connectivity index (χ0v) is 13.4. The second kappa shape index (κ2) is 8.76. The number of carbonyl (C=O) groups excluding carboxylic acids is 1. The molecule has 5 heteroatoms. The van der Waals surface area contributed by atoms with Gasteiger partial charge in [-0.3, -0.25) is 4.79 Å². The molecule has 1 aliphatic rings. The molecule has 1 aliphatic heterocycles. The molecule has 0 unspecified atom stereocenters. The molecule has 1 saturated heterocycles. The molecule has 5 nitrogen and oxygen atoms in total. The van der Waals surface area contributed by atoms with Gasteiger partial charge in [0.25, 0.3) is 0 Å². The highest BCUT2D eigenvalue weighted by Crippen LogP contribution is 2.18. The van der Waals surface area contributed by atoms with Gasteiger partial charge in [-0.2, -0.15) is 0 Å². The second-order valence-corrected chi connectivity index (χ2v) is 6.01. The Hall–Kier alpha value is -1.59. The number of amides is 1. The van der Waals surface area contributed by atoms with Crippen molar-refractivity contribution in [3.8, 4) is 5.75 Å². The van der Waals surface area contributed by atoms with Gasteiger partial charge >= 0.3 is 0 Å². The van der Waals surface area contributed by atoms with E-state index in [1.807, 2.05) is 24.3 Å². The fourth-order valence-corrected chi connectivity index (χ4v) is 2.25. The van der Waals surface area contributed by atoms with Crippen molar-refractivity contribution in [1.29, 1.82) is 0 Å². The van der Waals surface area contributed by atoms with Crippen LogP contribution < -0.4 is 15.4 Å². The van der Waals surface area contributed by atoms with Crippen LogP contribution in [0.2, 0.25) is 0 Å². The van der Waals surface area contributed by atoms with Gasteiger partial charge in [0.05, 0.1) is 25.7 Å². The molecule has 2 rings (SSSR count). The number of hydrogen-bond acceptors (Lipinski definition) is 4. The maximum Gasteiger partial charge on any atom is 0.227 e. The highest BCUT2D eigenvalue weighted by Gasteiger charge is 2.17. The fourth-order valence-electron chi connectivity index (χ4n) is 2.25. The van der Waals surface area contributed by atoms with E-state index in [0.717, 1.165) is 30.9 Å². The van der Waals surface area contributed by atoms with Crippen molar-refractivity contribution in [2.24, 2.45) is 5.92 Å². The van der Waals surface area contributed by atoms with E-state index in [4.69, 9.17) is 9.47 Å². The van der Waals surface area contributed by atoms with Gasteiger partial charge in [0.2, 0.25) is 5.91 Å². The number of rotatable bonds is 7. The van der Waals surface area contributed by atoms with Crippen molar-refractivity contribution in [1.82, 2.24) is 5.32 Å². The third-order valence-electron chi connectivity index (χ3n) is 3.50. The number of carbonyl (C=O) groups is 1. The molecular weight excluding hydrogens is 280 g/mol. The average molecular weight is 306 g/mol. The summed E-state index contributed by atoms with van der Waals surface area (Å²) >= 11 is 0. The molecule has 0 aromatic heterocycles. The lowest BCUT2D eigenvalue weighted by Gasteiger charge is -2.23. The first kappa shape index (κ1) is 16.8. The molecule has 0 bridgehead atoms. The number of morpholine rings is 1. The summed E-state index contributed by atoms with van der Waals surface area (Å²) in [5.74, 6) is 1.37. The van der Waals surface area contributed by atoms with Crippen LogP contribution in [0.3, 0.4) is 0 Å². The van der Waals surface area contributed by atoms with Gasteiger partial charge in [0, 0.05) is 24.8 Å². The zero-order valence-electron chi connectivity index (χ0n) is 13.4. The number of benzene rings is 1. The van der Waals surface area contributed by atoms with Crippen LogP contribution in [0.15, 0.2) is 24.3 Å². The maximum absolute atomic E-state index is 12.0. The lowest BCUT2D eigenvalue weighted by atomic mass is 10.1. The van der Waals surface area contributed by atoms with E-state index in [1.54, 1.807) is 0 Å². The van der Waals surface area contributed by atoms with E-state index >= 15 is 0 Å². The number of nitrogens with one attached hydrogen (secondary N) is 2. The second-order valence-electron chi connectivity index (χ2n) is 6.01. The highest BCUT2D eigenvalue weighted by molar-refractivity contribution is 5.91. The van der Waals surface area contributed by atoms with Gasteiger partial charge in [-0.15, -0.1) is 0 Å². The molecule has 1 atom stereocenters. The largest absolute Gasteiger partial charge is 0.494 e. The molecule has 1 amide bonds. The predicted molar refractivity (Wildman–Crippen MR) is 87.2 cm³/mol. The topological polar surface area (TPSA) is 59.6 Å². The first-order chi connectivity index (χ1) is 10.6. The van der Waals surface area contributed by atoms with Gasteiger partial charge in [0.1, 0.15) is 5.75 Å². The van der Waals surface area contributed by atoms with Crippen molar-refractivity contribution >= 4 is 11.6 Å². The van der Waals surface area contributed by atoms with Crippen LogP contribution in [-0.2, 0) is 9.53 Å². The summed E-state index contributed by atoms with van der Waals surface area (Å²) in [5.41, 5.74) is 0.760. The van der Waals surface area contributed by atoms with Crippen LogP contribution in [0.25, 0.3) is 0 Å². The Morgan fingerprint density at radius 3 is 3.09 bits per heavy atom. The van der Waals surface area contributed by atoms with E-state index in [-0.39, 0.29) is 12.0 Å². The van der Waals surface area contributed by atoms with Gasteiger partial charge in [-0.1, -0.05) is 19.9 Å². The van der Waals surface area contributed by atoms with Crippen molar-refractivity contribution in [3.05, 3.63) is 24.3 Å². The van der Waals surface area contributed by atoms with E-state index < -0.39 is 0 Å². The van der Waals surface area contributed by atoms with Crippen LogP contribution in [0.5, 0.6) is 5.75 Å². The molecule has 122 valence electrons. The predicted octanol–water partition coefficient (Wildman–Crippen LogP) is 2.43. The highest BCUT2D eigenvalue weighted by atomic mass is 16.5. The van der Waals surface area contributed by atoms with Gasteiger partial charge in [-0.25, -0.2) is 0 Å². The molecule has 1 fully saturated rings. The van der Waals surface area contributed by atoms with Crippen LogP contribution in [-0.4, -0.2) is 38.3 Å². The van der Waals surface area contributed by atoms with Crippen LogP contribution in [0.4, 0.5) is 5.69 Å². The summed E-state index contributed by atoms with van der Waals surface area (Å²) in [6.07, 6.45) is 1.34. The van der Waals surface area contributed by atoms with E-state index in [1.165, 1.54) is 0 Å². The number of ether oxygens (including phenoxy) is 2. The van der Waals surface area contributed by atoms with Crippen molar-refractivity contribution < 1.29 is 14.3 Å². The summed E-state index contributed by atoms with van der Waals surface area (Å²) in [6, 6.07) is 7.52. The quantitative estimate of drug-likeness (QED) is 0.812. The zero-order chi connectivity index (χ0) is 15.8. The van der Waals surface area contributed by atoms with E-state index in [9.17, 15) is 4.79 Å². The van der Waals surface area contributed by atoms with E-state index in [0.29, 0.717) is 25.6 Å². The molecule has 1 aromatic carbocycles. The Kier molecular flexibility index (Phi) is 6.68. The van der Waals surface area contributed by atoms with Crippen LogP contribution in [0, 0.1) is 5.92 Å². The first-order valence-electron chi connectivity index (χ1n) is 7.98. The molecule has 0 aliphatic carbocycles. The Labute approximate surface area is 132 Å². The average Bonchev–Trinajstić information content (AvgIpc) is 2.48. The minimum atomic E-state index is -0.0424. The van der Waals surface area contributed by atoms with Crippen molar-refractivity contribution in [2.75, 3.05) is 31.6 Å². The van der Waals surface area contributed by atoms with Crippen molar-refractivity contribution in [3.63, 3.8) is 0 Å². The molecule has 1 aromatic rings. The van der Waals surface area contributed by atoms with Crippen LogP contribution in [0.1, 0.15) is 26.7 Å². The van der Waals surface area contributed by atoms with Gasteiger partial charge in [0.15, 0.2) is 0 Å². The molecular formula is C17H26N2O3. The number of anilines is 1. The monoisotopic (exact) mass is 306 g/mol. The smallest absolute Gasteiger partial charge is 0.227 e. The Balaban J connectivity index is 1.80. The lowest BCUT2D eigenvalue weighted by Crippen LogP contribution is -2.40. The minimum Gasteiger partial charge on any atom is -0.494 e. The Morgan fingerprint density at radius 2 is 2.36 bits per heavy atom. The summed E-state index contributed by atoms with van der Waals surface area (Å²) < 4.78 is 11.2. The van der Waals surface area contributed by atoms with E-state index in [2.05, 4.69) is 24.5 Å². The fraction of sp³-hybridized carbons (Fsp3) is 0.588. The normalized spacial score (nSPS) is 18.2. The Morgan fingerprint density at radius 1 is 1.50 bits per heavy atom. The summed E-state index contributed by atoms with van der Waals surface area (Å²) in [6.45, 7) is 7.28. The number of hydrogen-bond donors (Lipinski definition) is 2. The molecule has 0 radical (unpaired) electrons. The maximum atomic E-state index is 12.0. The standard InChI is InChI=1S/C17H26N2O3/c1-13(2)6-8-21-15-5-3-4-14(10-15)19-17(20)11-16-12-18-7-9-22-16/h3-5,10,13,16,18H,6-9,11-12H2,1-2H3,(H,19,20)/t16-/m0/s1. The third kappa shape index (κ3) is 6.03.